The summed E-state index contributed by atoms with van der Waals surface area (Å²) in [7, 11) is 0. The molecule has 2 heterocycles. The zero-order chi connectivity index (χ0) is 15.4. The molecular formula is C17H23ClN4. The van der Waals surface area contributed by atoms with Crippen molar-refractivity contribution in [3.05, 3.63) is 41.4 Å². The summed E-state index contributed by atoms with van der Waals surface area (Å²) in [4.78, 5) is 6.91. The van der Waals surface area contributed by atoms with Crippen molar-refractivity contribution in [3.8, 4) is 0 Å². The van der Waals surface area contributed by atoms with Gasteiger partial charge in [0.2, 0.25) is 0 Å². The number of hydrogen-bond acceptors (Lipinski definition) is 3. The molecule has 0 bridgehead atoms. The van der Waals surface area contributed by atoms with Crippen molar-refractivity contribution in [1.82, 2.24) is 14.8 Å². The molecule has 5 heteroatoms. The summed E-state index contributed by atoms with van der Waals surface area (Å²) in [6, 6.07) is 6.42. The Balaban J connectivity index is 1.84. The maximum Gasteiger partial charge on any atom is 0.129 e. The quantitative estimate of drug-likeness (QED) is 0.771. The Kier molecular flexibility index (Phi) is 4.98. The first-order valence-electron chi connectivity index (χ1n) is 8.17. The number of pyridine rings is 1. The maximum atomic E-state index is 6.04. The van der Waals surface area contributed by atoms with E-state index >= 15 is 0 Å². The summed E-state index contributed by atoms with van der Waals surface area (Å²) in [6.45, 7) is 3.80. The Hall–Kier alpha value is -1.55. The minimum absolute atomic E-state index is 0.561. The molecule has 0 amide bonds. The smallest absolute Gasteiger partial charge is 0.129 e. The number of aromatic nitrogens is 3. The van der Waals surface area contributed by atoms with Gasteiger partial charge in [-0.1, -0.05) is 36.9 Å². The van der Waals surface area contributed by atoms with E-state index in [1.165, 1.54) is 37.8 Å². The molecule has 2 aromatic rings. The van der Waals surface area contributed by atoms with Gasteiger partial charge in [-0.15, -0.1) is 0 Å². The Morgan fingerprint density at radius 1 is 1.27 bits per heavy atom. The van der Waals surface area contributed by atoms with E-state index in [0.29, 0.717) is 11.2 Å². The Morgan fingerprint density at radius 2 is 2.09 bits per heavy atom. The predicted molar refractivity (Wildman–Crippen MR) is 90.2 cm³/mol. The Labute approximate surface area is 137 Å². The lowest BCUT2D eigenvalue weighted by molar-refractivity contribution is 0.412. The van der Waals surface area contributed by atoms with Crippen molar-refractivity contribution in [2.75, 3.05) is 4.90 Å². The van der Waals surface area contributed by atoms with Crippen LogP contribution >= 0.6 is 11.6 Å². The highest BCUT2D eigenvalue weighted by molar-refractivity contribution is 6.29. The summed E-state index contributed by atoms with van der Waals surface area (Å²) in [5.74, 6) is 0. The first-order valence-corrected chi connectivity index (χ1v) is 8.54. The normalized spacial score (nSPS) is 15.9. The summed E-state index contributed by atoms with van der Waals surface area (Å²) in [5.41, 5.74) is 2.21. The van der Waals surface area contributed by atoms with Gasteiger partial charge in [-0.3, -0.25) is 4.68 Å². The first kappa shape index (κ1) is 15.3. The number of aryl methyl sites for hydroxylation is 1. The van der Waals surface area contributed by atoms with E-state index in [2.05, 4.69) is 28.1 Å². The molecule has 0 aromatic carbocycles. The van der Waals surface area contributed by atoms with Crippen LogP contribution in [0.2, 0.25) is 5.15 Å². The van der Waals surface area contributed by atoms with Crippen LogP contribution in [0.5, 0.6) is 0 Å². The molecule has 3 rings (SSSR count). The molecule has 0 aliphatic heterocycles. The molecule has 1 aliphatic carbocycles. The van der Waals surface area contributed by atoms with Crippen LogP contribution in [0.15, 0.2) is 30.6 Å². The van der Waals surface area contributed by atoms with E-state index < -0.39 is 0 Å². The highest BCUT2D eigenvalue weighted by Gasteiger charge is 2.23. The molecule has 22 heavy (non-hydrogen) atoms. The molecule has 0 N–H and O–H groups in total. The van der Waals surface area contributed by atoms with Crippen LogP contribution in [0.4, 0.5) is 5.69 Å². The van der Waals surface area contributed by atoms with E-state index in [4.69, 9.17) is 11.6 Å². The maximum absolute atomic E-state index is 6.04. The Bertz CT molecular complexity index is 604. The monoisotopic (exact) mass is 318 g/mol. The van der Waals surface area contributed by atoms with Gasteiger partial charge in [-0.05, 0) is 31.9 Å². The molecule has 2 aromatic heterocycles. The lowest BCUT2D eigenvalue weighted by Crippen LogP contribution is -2.36. The predicted octanol–water partition coefficient (Wildman–Crippen LogP) is 4.29. The van der Waals surface area contributed by atoms with Crippen LogP contribution in [0.3, 0.4) is 0 Å². The molecule has 0 saturated heterocycles. The van der Waals surface area contributed by atoms with Crippen molar-refractivity contribution in [2.24, 2.45) is 0 Å². The second kappa shape index (κ2) is 7.14. The number of hydrogen-bond donors (Lipinski definition) is 0. The molecule has 0 unspecified atom stereocenters. The zero-order valence-corrected chi connectivity index (χ0v) is 13.8. The van der Waals surface area contributed by atoms with Crippen molar-refractivity contribution in [3.63, 3.8) is 0 Å². The minimum Gasteiger partial charge on any atom is -0.360 e. The van der Waals surface area contributed by atoms with E-state index in [0.717, 1.165) is 18.8 Å². The van der Waals surface area contributed by atoms with E-state index in [9.17, 15) is 0 Å². The third-order valence-corrected chi connectivity index (χ3v) is 4.61. The third kappa shape index (κ3) is 3.61. The van der Waals surface area contributed by atoms with Gasteiger partial charge < -0.3 is 4.90 Å². The summed E-state index contributed by atoms with van der Waals surface area (Å²) >= 11 is 6.04. The van der Waals surface area contributed by atoms with Gasteiger partial charge in [0.05, 0.1) is 24.1 Å². The summed E-state index contributed by atoms with van der Waals surface area (Å²) in [6.07, 6.45) is 10.6. The fraction of sp³-hybridized carbons (Fsp3) is 0.529. The highest BCUT2D eigenvalue weighted by atomic mass is 35.5. The number of halogens is 1. The van der Waals surface area contributed by atoms with Crippen LogP contribution in [0.25, 0.3) is 0 Å². The number of nitrogens with zero attached hydrogens (tertiary/aromatic N) is 4. The van der Waals surface area contributed by atoms with Crippen LogP contribution in [-0.2, 0) is 13.1 Å². The standard InChI is InChI=1S/C17H23ClN4/c1-2-21-13-16(11-19-21)22(15-8-4-3-5-9-15)12-14-7-6-10-17(18)20-14/h6-7,10-11,13,15H,2-5,8-9,12H2,1H3. The average Bonchev–Trinajstić information content (AvgIpc) is 3.02. The van der Waals surface area contributed by atoms with Gasteiger partial charge in [0, 0.05) is 18.8 Å². The van der Waals surface area contributed by atoms with Crippen molar-refractivity contribution < 1.29 is 0 Å². The summed E-state index contributed by atoms with van der Waals surface area (Å²) < 4.78 is 1.98. The average molecular weight is 319 g/mol. The fourth-order valence-corrected chi connectivity index (χ4v) is 3.39. The minimum atomic E-state index is 0.561. The van der Waals surface area contributed by atoms with Crippen LogP contribution in [-0.4, -0.2) is 20.8 Å². The van der Waals surface area contributed by atoms with Gasteiger partial charge in [0.15, 0.2) is 0 Å². The van der Waals surface area contributed by atoms with Crippen molar-refractivity contribution in [2.45, 2.75) is 58.2 Å². The third-order valence-electron chi connectivity index (χ3n) is 4.40. The first-order chi connectivity index (χ1) is 10.8. The highest BCUT2D eigenvalue weighted by Crippen LogP contribution is 2.28. The molecule has 118 valence electrons. The van der Waals surface area contributed by atoms with E-state index in [-0.39, 0.29) is 0 Å². The van der Waals surface area contributed by atoms with Gasteiger partial charge in [-0.2, -0.15) is 5.10 Å². The topological polar surface area (TPSA) is 34.0 Å². The summed E-state index contributed by atoms with van der Waals surface area (Å²) in [5, 5.41) is 5.00. The number of rotatable bonds is 5. The molecule has 1 fully saturated rings. The van der Waals surface area contributed by atoms with E-state index in [1.807, 2.05) is 29.1 Å². The fourth-order valence-electron chi connectivity index (χ4n) is 3.21. The van der Waals surface area contributed by atoms with Crippen molar-refractivity contribution >= 4 is 17.3 Å². The molecule has 1 aliphatic rings. The SMILES string of the molecule is CCn1cc(N(Cc2cccc(Cl)n2)C2CCCCC2)cn1. The molecule has 0 spiro atoms. The van der Waals surface area contributed by atoms with Gasteiger partial charge in [0.25, 0.3) is 0 Å². The van der Waals surface area contributed by atoms with Gasteiger partial charge in [-0.25, -0.2) is 4.98 Å². The van der Waals surface area contributed by atoms with Gasteiger partial charge >= 0.3 is 0 Å². The van der Waals surface area contributed by atoms with E-state index in [1.54, 1.807) is 0 Å². The second-order valence-electron chi connectivity index (χ2n) is 5.93. The zero-order valence-electron chi connectivity index (χ0n) is 13.1. The van der Waals surface area contributed by atoms with Crippen molar-refractivity contribution in [1.29, 1.82) is 0 Å². The van der Waals surface area contributed by atoms with Crippen LogP contribution in [0.1, 0.15) is 44.7 Å². The molecular weight excluding hydrogens is 296 g/mol. The second-order valence-corrected chi connectivity index (χ2v) is 6.31. The van der Waals surface area contributed by atoms with Gasteiger partial charge in [0.1, 0.15) is 5.15 Å². The largest absolute Gasteiger partial charge is 0.360 e. The molecule has 4 nitrogen and oxygen atoms in total. The lowest BCUT2D eigenvalue weighted by atomic mass is 9.94. The molecule has 1 saturated carbocycles. The van der Waals surface area contributed by atoms with Crippen LogP contribution < -0.4 is 4.90 Å². The van der Waals surface area contributed by atoms with Crippen LogP contribution in [0, 0.1) is 0 Å². The molecule has 0 radical (unpaired) electrons. The number of anilines is 1. The molecule has 0 atom stereocenters. The lowest BCUT2D eigenvalue weighted by Gasteiger charge is -2.35. The Morgan fingerprint density at radius 3 is 2.77 bits per heavy atom.